The monoisotopic (exact) mass is 264 g/mol. The average molecular weight is 264 g/mol. The Morgan fingerprint density at radius 2 is 1.74 bits per heavy atom. The molecule has 2 aliphatic rings. The summed E-state index contributed by atoms with van der Waals surface area (Å²) in [6.45, 7) is 13.8. The summed E-state index contributed by atoms with van der Waals surface area (Å²) in [6.07, 6.45) is 7.73. The molecule has 0 spiro atoms. The van der Waals surface area contributed by atoms with E-state index in [-0.39, 0.29) is 0 Å². The van der Waals surface area contributed by atoms with Crippen LogP contribution in [0.25, 0.3) is 0 Å². The van der Waals surface area contributed by atoms with E-state index >= 15 is 0 Å². The largest absolute Gasteiger partial charge is 0.313 e. The van der Waals surface area contributed by atoms with Crippen LogP contribution in [0.2, 0.25) is 0 Å². The summed E-state index contributed by atoms with van der Waals surface area (Å²) >= 11 is 0. The number of nitrogens with one attached hydrogen (secondary N) is 1. The zero-order chi connectivity index (χ0) is 14.0. The van der Waals surface area contributed by atoms with Crippen molar-refractivity contribution in [2.24, 2.45) is 17.8 Å². The zero-order valence-corrected chi connectivity index (χ0v) is 13.4. The average Bonchev–Trinajstić information content (AvgIpc) is 2.95. The second-order valence-electron chi connectivity index (χ2n) is 7.11. The standard InChI is InChI=1S/C17H32N2/c1-12(2)19(13(3)4)9-8-18-14(5)17-11-15-6-7-16(17)10-15/h6-7,12-18H,8-11H2,1-5H3. The Hall–Kier alpha value is -0.340. The van der Waals surface area contributed by atoms with Gasteiger partial charge in [-0.05, 0) is 65.2 Å². The van der Waals surface area contributed by atoms with E-state index in [4.69, 9.17) is 0 Å². The highest BCUT2D eigenvalue weighted by Gasteiger charge is 2.38. The molecule has 0 amide bonds. The minimum Gasteiger partial charge on any atom is -0.313 e. The maximum absolute atomic E-state index is 3.77. The molecule has 0 saturated heterocycles. The normalized spacial score (nSPS) is 31.1. The number of allylic oxidation sites excluding steroid dienone is 2. The van der Waals surface area contributed by atoms with Crippen molar-refractivity contribution in [3.8, 4) is 0 Å². The van der Waals surface area contributed by atoms with Gasteiger partial charge in [0.15, 0.2) is 0 Å². The van der Waals surface area contributed by atoms with Gasteiger partial charge in [-0.15, -0.1) is 0 Å². The molecule has 0 aromatic carbocycles. The molecule has 19 heavy (non-hydrogen) atoms. The Bertz CT molecular complexity index is 300. The molecule has 2 rings (SSSR count). The summed E-state index contributed by atoms with van der Waals surface area (Å²) in [5.74, 6) is 2.63. The highest BCUT2D eigenvalue weighted by atomic mass is 15.2. The van der Waals surface area contributed by atoms with Crippen molar-refractivity contribution in [3.05, 3.63) is 12.2 Å². The Kier molecular flexibility index (Phi) is 5.08. The van der Waals surface area contributed by atoms with E-state index in [0.29, 0.717) is 18.1 Å². The van der Waals surface area contributed by atoms with E-state index in [0.717, 1.165) is 30.8 Å². The molecule has 0 aliphatic heterocycles. The predicted molar refractivity (Wildman–Crippen MR) is 83.3 cm³/mol. The van der Waals surface area contributed by atoms with E-state index in [2.05, 4.69) is 57.0 Å². The molecule has 4 unspecified atom stereocenters. The third-order valence-corrected chi connectivity index (χ3v) is 5.14. The first kappa shape index (κ1) is 15.1. The molecule has 4 atom stereocenters. The highest BCUT2D eigenvalue weighted by molar-refractivity contribution is 5.11. The van der Waals surface area contributed by atoms with Crippen LogP contribution in [0.3, 0.4) is 0 Å². The SMILES string of the molecule is CC(NCCN(C(C)C)C(C)C)C1CC2C=CC1C2. The smallest absolute Gasteiger partial charge is 0.0112 e. The fourth-order valence-corrected chi connectivity index (χ4v) is 4.08. The molecule has 2 bridgehead atoms. The summed E-state index contributed by atoms with van der Waals surface area (Å²) in [6, 6.07) is 1.95. The lowest BCUT2D eigenvalue weighted by Gasteiger charge is -2.32. The van der Waals surface area contributed by atoms with Crippen LogP contribution >= 0.6 is 0 Å². The van der Waals surface area contributed by atoms with Gasteiger partial charge in [0.05, 0.1) is 0 Å². The van der Waals surface area contributed by atoms with Crippen LogP contribution in [-0.4, -0.2) is 36.1 Å². The summed E-state index contributed by atoms with van der Waals surface area (Å²) < 4.78 is 0. The molecule has 2 nitrogen and oxygen atoms in total. The van der Waals surface area contributed by atoms with Crippen molar-refractivity contribution in [2.45, 2.75) is 65.6 Å². The van der Waals surface area contributed by atoms with Crippen LogP contribution in [0, 0.1) is 17.8 Å². The van der Waals surface area contributed by atoms with Crippen molar-refractivity contribution in [1.82, 2.24) is 10.2 Å². The zero-order valence-electron chi connectivity index (χ0n) is 13.4. The van der Waals surface area contributed by atoms with E-state index in [1.54, 1.807) is 0 Å². The first-order chi connectivity index (χ1) is 8.99. The summed E-state index contributed by atoms with van der Waals surface area (Å²) in [7, 11) is 0. The summed E-state index contributed by atoms with van der Waals surface area (Å²) in [5.41, 5.74) is 0. The highest BCUT2D eigenvalue weighted by Crippen LogP contribution is 2.44. The number of hydrogen-bond acceptors (Lipinski definition) is 2. The molecule has 0 aromatic rings. The van der Waals surface area contributed by atoms with Crippen LogP contribution < -0.4 is 5.32 Å². The first-order valence-corrected chi connectivity index (χ1v) is 8.16. The maximum atomic E-state index is 3.77. The fourth-order valence-electron chi connectivity index (χ4n) is 4.08. The van der Waals surface area contributed by atoms with E-state index < -0.39 is 0 Å². The third-order valence-electron chi connectivity index (χ3n) is 5.14. The lowest BCUT2D eigenvalue weighted by Crippen LogP contribution is -2.44. The first-order valence-electron chi connectivity index (χ1n) is 8.16. The summed E-state index contributed by atoms with van der Waals surface area (Å²) in [5, 5.41) is 3.77. The van der Waals surface area contributed by atoms with Crippen molar-refractivity contribution < 1.29 is 0 Å². The molecule has 0 radical (unpaired) electrons. The topological polar surface area (TPSA) is 15.3 Å². The molecular weight excluding hydrogens is 232 g/mol. The van der Waals surface area contributed by atoms with Crippen LogP contribution in [0.4, 0.5) is 0 Å². The second kappa shape index (κ2) is 6.41. The van der Waals surface area contributed by atoms with Gasteiger partial charge >= 0.3 is 0 Å². The minimum atomic E-state index is 0.641. The quantitative estimate of drug-likeness (QED) is 0.710. The van der Waals surface area contributed by atoms with Gasteiger partial charge in [-0.2, -0.15) is 0 Å². The third kappa shape index (κ3) is 3.61. The van der Waals surface area contributed by atoms with E-state index in [9.17, 15) is 0 Å². The number of hydrogen-bond donors (Lipinski definition) is 1. The minimum absolute atomic E-state index is 0.641. The second-order valence-corrected chi connectivity index (χ2v) is 7.11. The van der Waals surface area contributed by atoms with Gasteiger partial charge in [0.25, 0.3) is 0 Å². The lowest BCUT2D eigenvalue weighted by atomic mass is 9.87. The van der Waals surface area contributed by atoms with Crippen LogP contribution in [-0.2, 0) is 0 Å². The van der Waals surface area contributed by atoms with Crippen LogP contribution in [0.5, 0.6) is 0 Å². The molecular formula is C17H32N2. The van der Waals surface area contributed by atoms with Gasteiger partial charge in [-0.3, -0.25) is 4.90 Å². The molecule has 2 heteroatoms. The Morgan fingerprint density at radius 3 is 2.21 bits per heavy atom. The lowest BCUT2D eigenvalue weighted by molar-refractivity contribution is 0.171. The number of nitrogens with zero attached hydrogens (tertiary/aromatic N) is 1. The van der Waals surface area contributed by atoms with Gasteiger partial charge < -0.3 is 5.32 Å². The Labute approximate surface area is 119 Å². The van der Waals surface area contributed by atoms with Gasteiger partial charge in [0, 0.05) is 31.2 Å². The molecule has 0 heterocycles. The Morgan fingerprint density at radius 1 is 1.05 bits per heavy atom. The van der Waals surface area contributed by atoms with Crippen LogP contribution in [0.15, 0.2) is 12.2 Å². The molecule has 1 N–H and O–H groups in total. The van der Waals surface area contributed by atoms with E-state index in [1.165, 1.54) is 12.8 Å². The summed E-state index contributed by atoms with van der Waals surface area (Å²) in [4.78, 5) is 2.57. The van der Waals surface area contributed by atoms with Crippen molar-refractivity contribution in [1.29, 1.82) is 0 Å². The molecule has 1 fully saturated rings. The predicted octanol–water partition coefficient (Wildman–Crippen LogP) is 3.30. The van der Waals surface area contributed by atoms with Gasteiger partial charge in [0.1, 0.15) is 0 Å². The molecule has 1 saturated carbocycles. The molecule has 110 valence electrons. The number of fused-ring (bicyclic) bond motifs is 2. The maximum Gasteiger partial charge on any atom is 0.0112 e. The van der Waals surface area contributed by atoms with Crippen molar-refractivity contribution in [3.63, 3.8) is 0 Å². The van der Waals surface area contributed by atoms with Crippen LogP contribution in [0.1, 0.15) is 47.5 Å². The van der Waals surface area contributed by atoms with Crippen molar-refractivity contribution >= 4 is 0 Å². The van der Waals surface area contributed by atoms with Crippen molar-refractivity contribution in [2.75, 3.05) is 13.1 Å². The molecule has 2 aliphatic carbocycles. The van der Waals surface area contributed by atoms with Gasteiger partial charge in [-0.25, -0.2) is 0 Å². The van der Waals surface area contributed by atoms with Gasteiger partial charge in [-0.1, -0.05) is 12.2 Å². The molecule has 0 aromatic heterocycles. The van der Waals surface area contributed by atoms with E-state index in [1.807, 2.05) is 0 Å². The Balaban J connectivity index is 1.72. The van der Waals surface area contributed by atoms with Gasteiger partial charge in [0.2, 0.25) is 0 Å². The number of rotatable bonds is 7. The fraction of sp³-hybridized carbons (Fsp3) is 0.882.